The van der Waals surface area contributed by atoms with Crippen LogP contribution in [0.3, 0.4) is 0 Å². The molecule has 1 aliphatic heterocycles. The van der Waals surface area contributed by atoms with Gasteiger partial charge in [-0.2, -0.15) is 0 Å². The lowest BCUT2D eigenvalue weighted by atomic mass is 10.0. The first-order valence-electron chi connectivity index (χ1n) is 12.5. The third-order valence-electron chi connectivity index (χ3n) is 5.25. The van der Waals surface area contributed by atoms with Crippen LogP contribution in [0.4, 0.5) is 0 Å². The van der Waals surface area contributed by atoms with Gasteiger partial charge in [0.15, 0.2) is 5.12 Å². The van der Waals surface area contributed by atoms with Crippen LogP contribution in [0.1, 0.15) is 40.5 Å². The molecule has 0 unspecified atom stereocenters. The maximum atomic E-state index is 13.1. The maximum Gasteiger partial charge on any atom is 0.329 e. The summed E-state index contributed by atoms with van der Waals surface area (Å²) in [5.74, 6) is -2.18. The number of allylic oxidation sites excluding steroid dienone is 3. The molecular weight excluding hydrogens is 540 g/mol. The first-order valence-corrected chi connectivity index (χ1v) is 14.7. The zero-order valence-corrected chi connectivity index (χ0v) is 24.7. The predicted octanol–water partition coefficient (Wildman–Crippen LogP) is 2.68. The van der Waals surface area contributed by atoms with Gasteiger partial charge in [0.05, 0.1) is 13.0 Å². The number of esters is 1. The zero-order chi connectivity index (χ0) is 29.4. The van der Waals surface area contributed by atoms with Gasteiger partial charge in [0.1, 0.15) is 23.6 Å². The minimum absolute atomic E-state index is 0.00147. The average Bonchev–Trinajstić information content (AvgIpc) is 2.88. The SMILES string of the molecule is C=C/C(=C\C1=NCCNC(=O)C[C@@H](/C=C/CCSC(C)=O)OC(=O)[C@H](C(C)C)NC(=O)/C(=C/C)NC1=O)SC. The van der Waals surface area contributed by atoms with Gasteiger partial charge in [-0.1, -0.05) is 50.4 Å². The van der Waals surface area contributed by atoms with Crippen molar-refractivity contribution in [3.63, 3.8) is 0 Å². The van der Waals surface area contributed by atoms with Crippen molar-refractivity contribution >= 4 is 58.0 Å². The smallest absolute Gasteiger partial charge is 0.329 e. The van der Waals surface area contributed by atoms with Crippen molar-refractivity contribution in [1.29, 1.82) is 0 Å². The van der Waals surface area contributed by atoms with Gasteiger partial charge in [0.2, 0.25) is 5.91 Å². The highest BCUT2D eigenvalue weighted by Crippen LogP contribution is 2.14. The normalized spacial score (nSPS) is 21.7. The lowest BCUT2D eigenvalue weighted by molar-refractivity contribution is -0.153. The molecule has 0 bridgehead atoms. The number of aliphatic imine (C=N–C) groups is 1. The van der Waals surface area contributed by atoms with Crippen molar-refractivity contribution in [2.75, 3.05) is 25.1 Å². The molecule has 1 aliphatic rings. The number of ether oxygens (including phenoxy) is 1. The van der Waals surface area contributed by atoms with Crippen LogP contribution in [-0.2, 0) is 28.7 Å². The molecule has 0 saturated carbocycles. The van der Waals surface area contributed by atoms with E-state index < -0.39 is 29.9 Å². The monoisotopic (exact) mass is 578 g/mol. The van der Waals surface area contributed by atoms with Gasteiger partial charge in [-0.3, -0.25) is 24.2 Å². The second-order valence-electron chi connectivity index (χ2n) is 8.66. The number of thioether (sulfide) groups is 2. The highest BCUT2D eigenvalue weighted by atomic mass is 32.2. The van der Waals surface area contributed by atoms with Gasteiger partial charge in [-0.15, -0.1) is 11.8 Å². The Morgan fingerprint density at radius 3 is 2.54 bits per heavy atom. The van der Waals surface area contributed by atoms with Gasteiger partial charge < -0.3 is 20.7 Å². The van der Waals surface area contributed by atoms with Crippen molar-refractivity contribution in [3.05, 3.63) is 47.6 Å². The number of hydrogen-bond donors (Lipinski definition) is 3. The van der Waals surface area contributed by atoms with Crippen molar-refractivity contribution in [2.24, 2.45) is 10.9 Å². The Hall–Kier alpha value is -3.12. The molecule has 0 aromatic carbocycles. The fourth-order valence-corrected chi connectivity index (χ4v) is 4.14. The number of carbonyl (C=O) groups excluding carboxylic acids is 5. The predicted molar refractivity (Wildman–Crippen MR) is 157 cm³/mol. The Morgan fingerprint density at radius 2 is 1.95 bits per heavy atom. The Labute approximate surface area is 238 Å². The van der Waals surface area contributed by atoms with Gasteiger partial charge in [0.25, 0.3) is 11.8 Å². The van der Waals surface area contributed by atoms with E-state index in [-0.39, 0.29) is 47.9 Å². The first kappa shape index (κ1) is 33.9. The molecule has 0 fully saturated rings. The number of hydrogen-bond acceptors (Lipinski definition) is 9. The second-order valence-corrected chi connectivity index (χ2v) is 10.8. The van der Waals surface area contributed by atoms with E-state index in [2.05, 4.69) is 27.5 Å². The largest absolute Gasteiger partial charge is 0.456 e. The van der Waals surface area contributed by atoms with Gasteiger partial charge in [0, 0.05) is 24.1 Å². The van der Waals surface area contributed by atoms with Crippen molar-refractivity contribution in [1.82, 2.24) is 16.0 Å². The highest BCUT2D eigenvalue weighted by Gasteiger charge is 2.30. The van der Waals surface area contributed by atoms with E-state index in [9.17, 15) is 24.0 Å². The Kier molecular flexibility index (Phi) is 15.8. The molecule has 10 nitrogen and oxygen atoms in total. The van der Waals surface area contributed by atoms with Gasteiger partial charge in [-0.05, 0) is 37.7 Å². The van der Waals surface area contributed by atoms with E-state index in [0.29, 0.717) is 17.1 Å². The van der Waals surface area contributed by atoms with Crippen LogP contribution in [0.25, 0.3) is 0 Å². The minimum Gasteiger partial charge on any atom is -0.456 e. The number of rotatable bonds is 8. The molecule has 0 aromatic rings. The molecule has 0 spiro atoms. The average molecular weight is 579 g/mol. The number of cyclic esters (lactones) is 1. The highest BCUT2D eigenvalue weighted by molar-refractivity contribution is 8.13. The van der Waals surface area contributed by atoms with Gasteiger partial charge >= 0.3 is 5.97 Å². The van der Waals surface area contributed by atoms with E-state index in [1.54, 1.807) is 45.1 Å². The van der Waals surface area contributed by atoms with Crippen LogP contribution in [0.15, 0.2) is 52.6 Å². The second kappa shape index (κ2) is 18.2. The lowest BCUT2D eigenvalue weighted by Crippen LogP contribution is -2.49. The third kappa shape index (κ3) is 13.0. The molecule has 0 aromatic heterocycles. The number of nitrogens with zero attached hydrogens (tertiary/aromatic N) is 1. The quantitative estimate of drug-likeness (QED) is 0.131. The molecule has 0 saturated heterocycles. The van der Waals surface area contributed by atoms with Crippen LogP contribution >= 0.6 is 23.5 Å². The lowest BCUT2D eigenvalue weighted by Gasteiger charge is -2.24. The van der Waals surface area contributed by atoms with Crippen LogP contribution < -0.4 is 16.0 Å². The number of nitrogens with one attached hydrogen (secondary N) is 3. The van der Waals surface area contributed by atoms with Crippen LogP contribution in [0.2, 0.25) is 0 Å². The summed E-state index contributed by atoms with van der Waals surface area (Å²) in [5, 5.41) is 7.91. The number of amides is 3. The summed E-state index contributed by atoms with van der Waals surface area (Å²) in [5.41, 5.74) is 0.000437. The summed E-state index contributed by atoms with van der Waals surface area (Å²) >= 11 is 2.55. The molecule has 0 radical (unpaired) electrons. The van der Waals surface area contributed by atoms with Gasteiger partial charge in [-0.25, -0.2) is 4.79 Å². The van der Waals surface area contributed by atoms with Crippen molar-refractivity contribution < 1.29 is 28.7 Å². The Morgan fingerprint density at radius 1 is 1.23 bits per heavy atom. The summed E-state index contributed by atoms with van der Waals surface area (Å²) in [7, 11) is 0. The third-order valence-corrected chi connectivity index (χ3v) is 6.85. The molecule has 214 valence electrons. The van der Waals surface area contributed by atoms with Crippen LogP contribution in [0.5, 0.6) is 0 Å². The molecule has 39 heavy (non-hydrogen) atoms. The Bertz CT molecular complexity index is 1050. The molecular formula is C27H38N4O6S2. The van der Waals surface area contributed by atoms with E-state index in [1.165, 1.54) is 36.5 Å². The molecule has 1 rings (SSSR count). The van der Waals surface area contributed by atoms with Crippen LogP contribution in [-0.4, -0.2) is 71.8 Å². The van der Waals surface area contributed by atoms with E-state index in [0.717, 1.165) is 0 Å². The zero-order valence-electron chi connectivity index (χ0n) is 23.1. The Balaban J connectivity index is 3.33. The molecule has 2 atom stereocenters. The first-order chi connectivity index (χ1) is 18.5. The van der Waals surface area contributed by atoms with Crippen molar-refractivity contribution in [3.8, 4) is 0 Å². The maximum absolute atomic E-state index is 13.1. The fraction of sp³-hybridized carbons (Fsp3) is 0.481. The fourth-order valence-electron chi connectivity index (χ4n) is 3.20. The summed E-state index contributed by atoms with van der Waals surface area (Å²) in [6, 6.07) is -1.04. The topological polar surface area (TPSA) is 143 Å². The summed E-state index contributed by atoms with van der Waals surface area (Å²) in [4.78, 5) is 67.9. The molecule has 3 N–H and O–H groups in total. The van der Waals surface area contributed by atoms with E-state index >= 15 is 0 Å². The number of carbonyl (C=O) groups is 5. The standard InChI is InChI=1S/C27H38N4O6S2/c1-7-20(38-6)16-22-26(35)30-21(8-2)25(34)31-24(17(3)4)27(36)37-19(11-9-10-14-39-18(5)32)15-23(33)29-13-12-28-22/h7-9,11,16-17,19,24H,1,10,12-15H2,2-6H3,(H,29,33)(H,30,35)(H,31,34)/b11-9+,20-16+,21-8-,28-22?/t19-,24+/m1/s1. The summed E-state index contributed by atoms with van der Waals surface area (Å²) < 4.78 is 5.62. The summed E-state index contributed by atoms with van der Waals surface area (Å²) in [6.45, 7) is 10.5. The minimum atomic E-state index is -1.04. The molecule has 3 amide bonds. The molecule has 12 heteroatoms. The van der Waals surface area contributed by atoms with E-state index in [4.69, 9.17) is 4.74 Å². The summed E-state index contributed by atoms with van der Waals surface area (Å²) in [6.07, 6.45) is 9.25. The molecule has 1 heterocycles. The molecule has 0 aliphatic carbocycles. The van der Waals surface area contributed by atoms with Crippen LogP contribution in [0, 0.1) is 5.92 Å². The van der Waals surface area contributed by atoms with Crippen molar-refractivity contribution in [2.45, 2.75) is 52.7 Å². The van der Waals surface area contributed by atoms with E-state index in [1.807, 2.05) is 6.26 Å².